The first kappa shape index (κ1) is 39.5. The Labute approximate surface area is 287 Å². The van der Waals surface area contributed by atoms with Crippen LogP contribution in [-0.2, 0) is 14.4 Å². The van der Waals surface area contributed by atoms with Gasteiger partial charge in [-0.3, -0.25) is 19.3 Å². The number of aromatic nitrogens is 3. The summed E-state index contributed by atoms with van der Waals surface area (Å²) in [7, 11) is 1.95. The van der Waals surface area contributed by atoms with Gasteiger partial charge in [-0.1, -0.05) is 81.0 Å². The van der Waals surface area contributed by atoms with Crippen LogP contribution >= 0.6 is 22.9 Å². The maximum Gasteiger partial charge on any atom is 0.263 e. The van der Waals surface area contributed by atoms with Gasteiger partial charge in [0, 0.05) is 17.5 Å². The van der Waals surface area contributed by atoms with E-state index in [1.807, 2.05) is 31.0 Å². The fourth-order valence-corrected chi connectivity index (χ4v) is 6.03. The fraction of sp³-hybridized carbons (Fsp3) is 0.545. The molecule has 3 atom stereocenters. The number of amides is 3. The first-order chi connectivity index (χ1) is 22.5. The van der Waals surface area contributed by atoms with Gasteiger partial charge in [0.2, 0.25) is 11.8 Å². The first-order valence-electron chi connectivity index (χ1n) is 16.1. The lowest BCUT2D eigenvalue weighted by atomic mass is 9.97. The molecule has 2 aliphatic rings. The van der Waals surface area contributed by atoms with Gasteiger partial charge < -0.3 is 26.5 Å². The Morgan fingerprint density at radius 1 is 1.15 bits per heavy atom. The van der Waals surface area contributed by atoms with Crippen LogP contribution in [0.1, 0.15) is 94.1 Å². The molecule has 3 heterocycles. The van der Waals surface area contributed by atoms with Gasteiger partial charge in [0.1, 0.15) is 28.6 Å². The van der Waals surface area contributed by atoms with Crippen molar-refractivity contribution < 1.29 is 19.2 Å². The van der Waals surface area contributed by atoms with Crippen LogP contribution in [0.4, 0.5) is 16.8 Å². The van der Waals surface area contributed by atoms with Crippen molar-refractivity contribution in [3.63, 3.8) is 0 Å². The van der Waals surface area contributed by atoms with E-state index in [4.69, 9.17) is 22.1 Å². The summed E-state index contributed by atoms with van der Waals surface area (Å²) in [6.07, 6.45) is 17.1. The van der Waals surface area contributed by atoms with Crippen molar-refractivity contribution in [2.45, 2.75) is 97.6 Å². The number of allylic oxidation sites excluding steroid dienone is 2. The monoisotopic (exact) mass is 688 g/mol. The summed E-state index contributed by atoms with van der Waals surface area (Å²) in [5, 5.41) is 10.0. The standard InChI is InChI=1S/C24H31ClN6O2S.C7H14N2O.C2H4O/c1-4-5-6-7-8-12-21(32)29-19-13-20(28-16(3)27-19)30-24-26-14-18(34-24)23(33)31-22-15(2)10-9-11-17(22)25;1-9-5-3-2-4-6(9)7(8)10;1-2-3/h9-11,13-15,22H,4-8,12H2,1-3H3,(H,31,33)(H2,26,27,28,29,30,32);6H,2-5H2,1H3,(H2,8,10);2H,1H3. The van der Waals surface area contributed by atoms with Crippen molar-refractivity contribution in [2.24, 2.45) is 11.7 Å². The zero-order chi connectivity index (χ0) is 34.8. The number of aldehydes is 1. The first-order valence-corrected chi connectivity index (χ1v) is 17.3. The Kier molecular flexibility index (Phi) is 17.9. The minimum atomic E-state index is -0.264. The summed E-state index contributed by atoms with van der Waals surface area (Å²) in [5.74, 6) is 1.05. The highest BCUT2D eigenvalue weighted by atomic mass is 35.5. The molecule has 258 valence electrons. The molecule has 1 aliphatic heterocycles. The summed E-state index contributed by atoms with van der Waals surface area (Å²) in [5.41, 5.74) is 5.18. The third-order valence-corrected chi connectivity index (χ3v) is 8.73. The number of hydrogen-bond donors (Lipinski definition) is 4. The normalized spacial score (nSPS) is 18.8. The molecule has 3 amide bonds. The van der Waals surface area contributed by atoms with Gasteiger partial charge in [-0.2, -0.15) is 0 Å². The molecule has 12 nitrogen and oxygen atoms in total. The summed E-state index contributed by atoms with van der Waals surface area (Å²) in [6, 6.07) is 1.39. The molecule has 14 heteroatoms. The van der Waals surface area contributed by atoms with Crippen molar-refractivity contribution in [1.29, 1.82) is 0 Å². The minimum absolute atomic E-state index is 0.00579. The molecule has 0 radical (unpaired) electrons. The zero-order valence-electron chi connectivity index (χ0n) is 28.1. The number of anilines is 3. The topological polar surface area (TPSA) is 172 Å². The molecule has 1 fully saturated rings. The van der Waals surface area contributed by atoms with Crippen molar-refractivity contribution in [3.8, 4) is 0 Å². The lowest BCUT2D eigenvalue weighted by Gasteiger charge is -2.29. The maximum absolute atomic E-state index is 12.7. The number of unbranched alkanes of at least 4 members (excludes halogenated alkanes) is 4. The van der Waals surface area contributed by atoms with Crippen LogP contribution in [0.15, 0.2) is 35.5 Å². The Bertz CT molecular complexity index is 1380. The number of thiazole rings is 1. The van der Waals surface area contributed by atoms with Gasteiger partial charge in [-0.05, 0) is 58.7 Å². The van der Waals surface area contributed by atoms with E-state index in [2.05, 4.69) is 37.8 Å². The molecule has 0 bridgehead atoms. The van der Waals surface area contributed by atoms with Crippen LogP contribution in [0.3, 0.4) is 0 Å². The van der Waals surface area contributed by atoms with Crippen molar-refractivity contribution in [3.05, 3.63) is 46.2 Å². The second kappa shape index (κ2) is 21.2. The van der Waals surface area contributed by atoms with E-state index < -0.39 is 0 Å². The molecule has 0 spiro atoms. The summed E-state index contributed by atoms with van der Waals surface area (Å²) >= 11 is 7.47. The molecule has 1 saturated heterocycles. The van der Waals surface area contributed by atoms with E-state index in [0.29, 0.717) is 38.9 Å². The number of halogens is 1. The third-order valence-electron chi connectivity index (χ3n) is 7.46. The van der Waals surface area contributed by atoms with Crippen molar-refractivity contribution >= 4 is 63.7 Å². The lowest BCUT2D eigenvalue weighted by molar-refractivity contribution is -0.123. The van der Waals surface area contributed by atoms with Crippen molar-refractivity contribution in [1.82, 2.24) is 25.2 Å². The molecule has 5 N–H and O–H groups in total. The maximum atomic E-state index is 12.7. The van der Waals surface area contributed by atoms with Crippen LogP contribution < -0.4 is 21.7 Å². The van der Waals surface area contributed by atoms with Crippen LogP contribution in [0.5, 0.6) is 0 Å². The van der Waals surface area contributed by atoms with Crippen LogP contribution in [0.25, 0.3) is 0 Å². The smallest absolute Gasteiger partial charge is 0.263 e. The van der Waals surface area contributed by atoms with Crippen molar-refractivity contribution in [2.75, 3.05) is 24.2 Å². The molecule has 2 aromatic heterocycles. The van der Waals surface area contributed by atoms with E-state index in [1.54, 1.807) is 19.1 Å². The van der Waals surface area contributed by atoms with Crippen LogP contribution in [-0.4, -0.2) is 69.5 Å². The molecular weight excluding hydrogens is 640 g/mol. The highest BCUT2D eigenvalue weighted by molar-refractivity contribution is 7.17. The van der Waals surface area contributed by atoms with Gasteiger partial charge in [0.25, 0.3) is 5.91 Å². The summed E-state index contributed by atoms with van der Waals surface area (Å²) < 4.78 is 0. The second-order valence-corrected chi connectivity index (χ2v) is 12.9. The van der Waals surface area contributed by atoms with Crippen LogP contribution in [0, 0.1) is 12.8 Å². The number of aryl methyl sites for hydroxylation is 1. The molecule has 1 aliphatic carbocycles. The predicted octanol–water partition coefficient (Wildman–Crippen LogP) is 5.87. The third kappa shape index (κ3) is 14.3. The summed E-state index contributed by atoms with van der Waals surface area (Å²) in [6.45, 7) is 8.37. The fourth-order valence-electron chi connectivity index (χ4n) is 4.97. The highest BCUT2D eigenvalue weighted by Gasteiger charge is 2.25. The molecule has 0 aromatic carbocycles. The number of carbonyl (C=O) groups excluding carboxylic acids is 4. The number of nitrogens with one attached hydrogen (secondary N) is 3. The van der Waals surface area contributed by atoms with Crippen LogP contribution in [0.2, 0.25) is 0 Å². The molecule has 4 rings (SSSR count). The van der Waals surface area contributed by atoms with Gasteiger partial charge in [0.15, 0.2) is 5.13 Å². The number of nitrogens with two attached hydrogens (primary N) is 1. The zero-order valence-corrected chi connectivity index (χ0v) is 29.6. The number of piperidine rings is 1. The highest BCUT2D eigenvalue weighted by Crippen LogP contribution is 2.26. The van der Waals surface area contributed by atoms with E-state index >= 15 is 0 Å². The van der Waals surface area contributed by atoms with Gasteiger partial charge >= 0.3 is 0 Å². The predicted molar refractivity (Wildman–Crippen MR) is 189 cm³/mol. The minimum Gasteiger partial charge on any atom is -0.368 e. The van der Waals surface area contributed by atoms with E-state index in [0.717, 1.165) is 44.9 Å². The Balaban J connectivity index is 0.000000494. The van der Waals surface area contributed by atoms with Gasteiger partial charge in [-0.15, -0.1) is 0 Å². The molecule has 2 aromatic rings. The number of rotatable bonds is 12. The van der Waals surface area contributed by atoms with Gasteiger partial charge in [-0.25, -0.2) is 15.0 Å². The quantitative estimate of drug-likeness (QED) is 0.157. The average molecular weight is 689 g/mol. The summed E-state index contributed by atoms with van der Waals surface area (Å²) in [4.78, 5) is 59.9. The van der Waals surface area contributed by atoms with E-state index in [9.17, 15) is 14.4 Å². The number of likely N-dealkylation sites (N-methyl/N-ethyl adjacent to an activating group) is 1. The van der Waals surface area contributed by atoms with Gasteiger partial charge in [0.05, 0.1) is 18.3 Å². The second-order valence-electron chi connectivity index (χ2n) is 11.4. The largest absolute Gasteiger partial charge is 0.368 e. The molecular formula is C33H49ClN8O4S. The Hall–Kier alpha value is -3.68. The molecule has 0 saturated carbocycles. The number of carbonyl (C=O) groups is 4. The lowest BCUT2D eigenvalue weighted by Crippen LogP contribution is -2.45. The molecule has 3 unspecified atom stereocenters. The number of nitrogens with zero attached hydrogens (tertiary/aromatic N) is 4. The number of primary amides is 1. The van der Waals surface area contributed by atoms with E-state index in [-0.39, 0.29) is 35.7 Å². The molecule has 47 heavy (non-hydrogen) atoms. The number of hydrogen-bond acceptors (Lipinski definition) is 10. The Morgan fingerprint density at radius 3 is 2.49 bits per heavy atom. The average Bonchev–Trinajstić information content (AvgIpc) is 3.48. The van der Waals surface area contributed by atoms with E-state index in [1.165, 1.54) is 43.7 Å². The SMILES string of the molecule is CC=O.CCCCCCCC(=O)Nc1cc(Nc2ncc(C(=O)NC3C(Cl)=CC=CC3C)s2)nc(C)n1.CN1CCCCC1C(N)=O. The Morgan fingerprint density at radius 2 is 1.85 bits per heavy atom. The number of likely N-dealkylation sites (tertiary alicyclic amines) is 1.